The molecule has 0 aliphatic heterocycles. The van der Waals surface area contributed by atoms with Crippen LogP contribution >= 0.6 is 0 Å². The fourth-order valence-electron chi connectivity index (χ4n) is 3.47. The van der Waals surface area contributed by atoms with Crippen LogP contribution in [0.2, 0.25) is 0 Å². The van der Waals surface area contributed by atoms with Gasteiger partial charge in [-0.25, -0.2) is 0 Å². The maximum Gasteiger partial charge on any atom is 0.0435 e. The van der Waals surface area contributed by atoms with Crippen molar-refractivity contribution in [3.05, 3.63) is 95.6 Å². The molecule has 0 fully saturated rings. The number of benzene rings is 3. The van der Waals surface area contributed by atoms with Crippen LogP contribution in [0.1, 0.15) is 23.6 Å². The van der Waals surface area contributed by atoms with Gasteiger partial charge in [0.25, 0.3) is 0 Å². The molecule has 4 rings (SSSR count). The zero-order chi connectivity index (χ0) is 13.6. The summed E-state index contributed by atoms with van der Waals surface area (Å²) in [5.41, 5.74) is 6.70. The zero-order valence-corrected chi connectivity index (χ0v) is 11.4. The fraction of sp³-hybridized carbons (Fsp3) is 0.100. The molecular weight excluding hydrogens is 240 g/mol. The molecule has 0 amide bonds. The maximum atomic E-state index is 3.22. The van der Waals surface area contributed by atoms with E-state index in [0.717, 1.165) is 0 Å². The summed E-state index contributed by atoms with van der Waals surface area (Å²) in [5.74, 6) is 0. The molecule has 0 heterocycles. The highest BCUT2D eigenvalue weighted by atomic mass is 14.4. The summed E-state index contributed by atoms with van der Waals surface area (Å²) >= 11 is 0. The van der Waals surface area contributed by atoms with Gasteiger partial charge in [-0.05, 0) is 46.9 Å². The van der Waals surface area contributed by atoms with Crippen LogP contribution in [0.4, 0.5) is 0 Å². The van der Waals surface area contributed by atoms with Gasteiger partial charge in [0.15, 0.2) is 0 Å². The van der Waals surface area contributed by atoms with E-state index >= 15 is 0 Å². The van der Waals surface area contributed by atoms with Crippen molar-refractivity contribution in [3.63, 3.8) is 0 Å². The van der Waals surface area contributed by atoms with Crippen LogP contribution in [-0.4, -0.2) is 0 Å². The van der Waals surface area contributed by atoms with Crippen molar-refractivity contribution in [2.75, 3.05) is 0 Å². The quantitative estimate of drug-likeness (QED) is 0.584. The molecule has 3 aromatic rings. The van der Waals surface area contributed by atoms with Gasteiger partial charge in [0.2, 0.25) is 0 Å². The summed E-state index contributed by atoms with van der Waals surface area (Å²) < 4.78 is 0. The van der Waals surface area contributed by atoms with E-state index in [1.807, 2.05) is 6.07 Å². The Morgan fingerprint density at radius 3 is 2.30 bits per heavy atom. The largest absolute Gasteiger partial charge is 0.0622 e. The first-order valence-electron chi connectivity index (χ1n) is 6.98. The third kappa shape index (κ3) is 1.36. The Hall–Kier alpha value is -2.34. The van der Waals surface area contributed by atoms with Crippen LogP contribution in [0.15, 0.2) is 72.8 Å². The second-order valence-corrected chi connectivity index (χ2v) is 5.51. The van der Waals surface area contributed by atoms with Crippen molar-refractivity contribution in [3.8, 4) is 11.1 Å². The van der Waals surface area contributed by atoms with E-state index in [1.165, 1.54) is 27.8 Å². The van der Waals surface area contributed by atoms with E-state index in [-0.39, 0.29) is 5.41 Å². The highest BCUT2D eigenvalue weighted by Crippen LogP contribution is 2.51. The summed E-state index contributed by atoms with van der Waals surface area (Å²) in [5, 5.41) is 0. The normalized spacial score (nSPS) is 14.7. The highest BCUT2D eigenvalue weighted by molar-refractivity contribution is 5.82. The second kappa shape index (κ2) is 4.08. The molecule has 1 atom stereocenters. The summed E-state index contributed by atoms with van der Waals surface area (Å²) in [7, 11) is 0. The standard InChI is InChI=1S/C20H15/c1-20(15-9-3-2-4-10-15)18-13-7-5-11-16(18)17-12-6-8-14-19(17)20/h2-5,7-14H,1H3. The molecule has 0 saturated carbocycles. The molecule has 1 unspecified atom stereocenters. The topological polar surface area (TPSA) is 0 Å². The molecule has 20 heavy (non-hydrogen) atoms. The minimum Gasteiger partial charge on any atom is -0.0622 e. The molecule has 1 aliphatic carbocycles. The monoisotopic (exact) mass is 255 g/mol. The molecule has 0 aromatic heterocycles. The molecule has 0 spiro atoms. The van der Waals surface area contributed by atoms with Crippen molar-refractivity contribution in [2.45, 2.75) is 12.3 Å². The van der Waals surface area contributed by atoms with Crippen molar-refractivity contribution < 1.29 is 0 Å². The molecule has 3 aromatic carbocycles. The zero-order valence-electron chi connectivity index (χ0n) is 11.4. The second-order valence-electron chi connectivity index (χ2n) is 5.51. The molecule has 0 saturated heterocycles. The van der Waals surface area contributed by atoms with Crippen molar-refractivity contribution in [1.29, 1.82) is 0 Å². The molecular formula is C20H15. The van der Waals surface area contributed by atoms with Crippen LogP contribution in [0.25, 0.3) is 11.1 Å². The van der Waals surface area contributed by atoms with Gasteiger partial charge in [-0.2, -0.15) is 0 Å². The molecule has 0 bridgehead atoms. The Morgan fingerprint density at radius 1 is 0.750 bits per heavy atom. The molecule has 0 heteroatoms. The lowest BCUT2D eigenvalue weighted by molar-refractivity contribution is 0.714. The van der Waals surface area contributed by atoms with Crippen molar-refractivity contribution in [2.24, 2.45) is 0 Å². The lowest BCUT2D eigenvalue weighted by atomic mass is 9.74. The summed E-state index contributed by atoms with van der Waals surface area (Å²) in [6.45, 7) is 2.33. The molecule has 95 valence electrons. The highest BCUT2D eigenvalue weighted by Gasteiger charge is 2.39. The predicted octanol–water partition coefficient (Wildman–Crippen LogP) is 4.82. The van der Waals surface area contributed by atoms with E-state index in [4.69, 9.17) is 0 Å². The van der Waals surface area contributed by atoms with Crippen molar-refractivity contribution in [1.82, 2.24) is 0 Å². The summed E-state index contributed by atoms with van der Waals surface area (Å²) in [6.07, 6.45) is 0. The molecule has 1 radical (unpaired) electrons. The fourth-order valence-corrected chi connectivity index (χ4v) is 3.47. The lowest BCUT2D eigenvalue weighted by Crippen LogP contribution is -2.22. The third-order valence-corrected chi connectivity index (χ3v) is 4.51. The molecule has 0 nitrogen and oxygen atoms in total. The predicted molar refractivity (Wildman–Crippen MR) is 82.7 cm³/mol. The lowest BCUT2D eigenvalue weighted by Gasteiger charge is -2.28. The first-order chi connectivity index (χ1) is 9.82. The Morgan fingerprint density at radius 2 is 1.45 bits per heavy atom. The van der Waals surface area contributed by atoms with Gasteiger partial charge in [0.05, 0.1) is 0 Å². The average molecular weight is 255 g/mol. The van der Waals surface area contributed by atoms with Gasteiger partial charge in [0, 0.05) is 5.41 Å². The Kier molecular flexibility index (Phi) is 2.34. The first kappa shape index (κ1) is 11.5. The minimum absolute atomic E-state index is 0.0672. The van der Waals surface area contributed by atoms with Gasteiger partial charge in [-0.15, -0.1) is 0 Å². The Balaban J connectivity index is 2.10. The maximum absolute atomic E-state index is 3.22. The molecule has 0 N–H and O–H groups in total. The van der Waals surface area contributed by atoms with Crippen LogP contribution in [0.3, 0.4) is 0 Å². The number of rotatable bonds is 1. The number of hydrogen-bond acceptors (Lipinski definition) is 0. The number of fused-ring (bicyclic) bond motifs is 3. The van der Waals surface area contributed by atoms with Gasteiger partial charge in [-0.1, -0.05) is 66.7 Å². The van der Waals surface area contributed by atoms with Crippen LogP contribution in [-0.2, 0) is 5.41 Å². The minimum atomic E-state index is -0.0672. The van der Waals surface area contributed by atoms with E-state index in [9.17, 15) is 0 Å². The smallest absolute Gasteiger partial charge is 0.0435 e. The average Bonchev–Trinajstić information content (AvgIpc) is 2.80. The first-order valence-corrected chi connectivity index (χ1v) is 6.98. The van der Waals surface area contributed by atoms with E-state index in [0.29, 0.717) is 0 Å². The van der Waals surface area contributed by atoms with Crippen LogP contribution in [0, 0.1) is 6.07 Å². The number of hydrogen-bond donors (Lipinski definition) is 0. The summed E-state index contributed by atoms with van der Waals surface area (Å²) in [4.78, 5) is 0. The SMILES string of the molecule is CC1(c2ccccc2)c2cc[c]cc2-c2ccccc21. The van der Waals surface area contributed by atoms with E-state index in [1.54, 1.807) is 0 Å². The Labute approximate surface area is 119 Å². The van der Waals surface area contributed by atoms with E-state index < -0.39 is 0 Å². The Bertz CT molecular complexity index is 723. The van der Waals surface area contributed by atoms with Crippen LogP contribution in [0.5, 0.6) is 0 Å². The summed E-state index contributed by atoms with van der Waals surface area (Å²) in [6, 6.07) is 29.1. The molecule has 1 aliphatic rings. The van der Waals surface area contributed by atoms with Gasteiger partial charge >= 0.3 is 0 Å². The van der Waals surface area contributed by atoms with Gasteiger partial charge in [0.1, 0.15) is 0 Å². The van der Waals surface area contributed by atoms with Crippen LogP contribution < -0.4 is 0 Å². The van der Waals surface area contributed by atoms with E-state index in [2.05, 4.69) is 79.7 Å². The van der Waals surface area contributed by atoms with Gasteiger partial charge in [-0.3, -0.25) is 0 Å². The third-order valence-electron chi connectivity index (χ3n) is 4.51. The van der Waals surface area contributed by atoms with Gasteiger partial charge < -0.3 is 0 Å². The van der Waals surface area contributed by atoms with Crippen molar-refractivity contribution >= 4 is 0 Å².